The van der Waals surface area contributed by atoms with Gasteiger partial charge in [0.25, 0.3) is 5.91 Å². The van der Waals surface area contributed by atoms with Crippen LogP contribution in [0.5, 0.6) is 5.75 Å². The lowest BCUT2D eigenvalue weighted by Crippen LogP contribution is -2.36. The number of rotatable bonds is 4. The Kier molecular flexibility index (Phi) is 5.06. The third-order valence-corrected chi connectivity index (χ3v) is 4.58. The molecule has 1 atom stereocenters. The molecule has 0 aliphatic carbocycles. The summed E-state index contributed by atoms with van der Waals surface area (Å²) in [5, 5.41) is 4.08. The summed E-state index contributed by atoms with van der Waals surface area (Å²) in [4.78, 5) is 14.8. The Bertz CT molecular complexity index is 726. The second kappa shape index (κ2) is 7.23. The molecule has 1 aliphatic rings. The number of benzene rings is 1. The average Bonchev–Trinajstić information content (AvgIpc) is 2.76. The molecule has 130 valence electrons. The van der Waals surface area contributed by atoms with E-state index in [2.05, 4.69) is 17.3 Å². The van der Waals surface area contributed by atoms with Gasteiger partial charge in [0.05, 0.1) is 25.8 Å². The summed E-state index contributed by atoms with van der Waals surface area (Å²) in [6.45, 7) is 3.94. The van der Waals surface area contributed by atoms with Gasteiger partial charge in [0, 0.05) is 44.1 Å². The monoisotopic (exact) mass is 331 g/mol. The number of amides is 1. The molecule has 1 saturated heterocycles. The minimum Gasteiger partial charge on any atom is -0.497 e. The Balaban J connectivity index is 1.70. The highest BCUT2D eigenvalue weighted by Gasteiger charge is 2.19. The van der Waals surface area contributed by atoms with Crippen LogP contribution in [0.2, 0.25) is 0 Å². The van der Waals surface area contributed by atoms with Crippen LogP contribution in [0.1, 0.15) is 10.5 Å². The van der Waals surface area contributed by atoms with E-state index in [0.29, 0.717) is 24.8 Å². The largest absolute Gasteiger partial charge is 0.497 e. The number of hydrogen-bond acceptors (Lipinski definition) is 4. The van der Waals surface area contributed by atoms with Crippen molar-refractivity contribution < 1.29 is 14.3 Å². The molecule has 1 aliphatic heterocycles. The quantitative estimate of drug-likeness (QED) is 0.922. The van der Waals surface area contributed by atoms with Crippen molar-refractivity contribution in [1.82, 2.24) is 14.8 Å². The lowest BCUT2D eigenvalue weighted by molar-refractivity contribution is 0.0914. The van der Waals surface area contributed by atoms with E-state index in [1.807, 2.05) is 35.9 Å². The summed E-state index contributed by atoms with van der Waals surface area (Å²) in [6.07, 6.45) is 0. The van der Waals surface area contributed by atoms with Gasteiger partial charge in [-0.3, -0.25) is 4.79 Å². The van der Waals surface area contributed by atoms with Crippen molar-refractivity contribution in [1.29, 1.82) is 0 Å². The van der Waals surface area contributed by atoms with E-state index < -0.39 is 0 Å². The number of nitrogens with one attached hydrogen (secondary N) is 1. The molecule has 6 nitrogen and oxygen atoms in total. The SMILES string of the molecule is COc1ccc2cc(C(=O)NC[C@@H]3COCCN(C)C3)n(C)c2c1. The van der Waals surface area contributed by atoms with E-state index in [4.69, 9.17) is 9.47 Å². The number of aryl methyl sites for hydroxylation is 1. The van der Waals surface area contributed by atoms with Crippen molar-refractivity contribution >= 4 is 16.8 Å². The summed E-state index contributed by atoms with van der Waals surface area (Å²) >= 11 is 0. The zero-order chi connectivity index (χ0) is 17.1. The first kappa shape index (κ1) is 16.8. The van der Waals surface area contributed by atoms with Crippen LogP contribution in [0.15, 0.2) is 24.3 Å². The number of nitrogens with zero attached hydrogens (tertiary/aromatic N) is 2. The number of likely N-dealkylation sites (N-methyl/N-ethyl adjacent to an activating group) is 1. The Morgan fingerprint density at radius 1 is 1.38 bits per heavy atom. The highest BCUT2D eigenvalue weighted by molar-refractivity contribution is 5.99. The molecule has 6 heteroatoms. The first-order valence-corrected chi connectivity index (χ1v) is 8.26. The number of ether oxygens (including phenoxy) is 2. The summed E-state index contributed by atoms with van der Waals surface area (Å²) < 4.78 is 12.8. The van der Waals surface area contributed by atoms with Crippen LogP contribution in [0.25, 0.3) is 10.9 Å². The van der Waals surface area contributed by atoms with Crippen LogP contribution in [0.3, 0.4) is 0 Å². The Labute approximate surface area is 142 Å². The fourth-order valence-corrected chi connectivity index (χ4v) is 3.16. The van der Waals surface area contributed by atoms with Gasteiger partial charge in [-0.1, -0.05) is 0 Å². The molecular weight excluding hydrogens is 306 g/mol. The van der Waals surface area contributed by atoms with Gasteiger partial charge < -0.3 is 24.3 Å². The number of methoxy groups -OCH3 is 1. The Hall–Kier alpha value is -2.05. The van der Waals surface area contributed by atoms with Crippen molar-refractivity contribution in [2.75, 3.05) is 47.0 Å². The third kappa shape index (κ3) is 3.55. The van der Waals surface area contributed by atoms with Crippen molar-refractivity contribution in [3.8, 4) is 5.75 Å². The normalized spacial score (nSPS) is 19.2. The smallest absolute Gasteiger partial charge is 0.267 e. The van der Waals surface area contributed by atoms with Gasteiger partial charge in [-0.25, -0.2) is 0 Å². The molecule has 0 unspecified atom stereocenters. The summed E-state index contributed by atoms with van der Waals surface area (Å²) in [5.41, 5.74) is 1.64. The van der Waals surface area contributed by atoms with Crippen molar-refractivity contribution in [3.05, 3.63) is 30.0 Å². The van der Waals surface area contributed by atoms with E-state index in [0.717, 1.165) is 36.3 Å². The van der Waals surface area contributed by atoms with Crippen molar-refractivity contribution in [3.63, 3.8) is 0 Å². The van der Waals surface area contributed by atoms with Crippen LogP contribution in [0.4, 0.5) is 0 Å². The lowest BCUT2D eigenvalue weighted by Gasteiger charge is -2.19. The van der Waals surface area contributed by atoms with Crippen LogP contribution in [-0.2, 0) is 11.8 Å². The molecule has 1 amide bonds. The van der Waals surface area contributed by atoms with E-state index in [1.165, 1.54) is 0 Å². The topological polar surface area (TPSA) is 55.7 Å². The molecular formula is C18H25N3O3. The minimum absolute atomic E-state index is 0.0560. The highest BCUT2D eigenvalue weighted by atomic mass is 16.5. The van der Waals surface area contributed by atoms with Crippen LogP contribution in [-0.4, -0.2) is 62.4 Å². The van der Waals surface area contributed by atoms with E-state index in [-0.39, 0.29) is 5.91 Å². The molecule has 24 heavy (non-hydrogen) atoms. The van der Waals surface area contributed by atoms with Gasteiger partial charge in [0.2, 0.25) is 0 Å². The Morgan fingerprint density at radius 3 is 3.00 bits per heavy atom. The first-order chi connectivity index (χ1) is 11.6. The second-order valence-electron chi connectivity index (χ2n) is 6.43. The highest BCUT2D eigenvalue weighted by Crippen LogP contribution is 2.23. The maximum Gasteiger partial charge on any atom is 0.267 e. The fourth-order valence-electron chi connectivity index (χ4n) is 3.16. The average molecular weight is 331 g/mol. The molecule has 1 aromatic heterocycles. The van der Waals surface area contributed by atoms with Crippen molar-refractivity contribution in [2.24, 2.45) is 13.0 Å². The van der Waals surface area contributed by atoms with E-state index >= 15 is 0 Å². The predicted octanol–water partition coefficient (Wildman–Crippen LogP) is 1.49. The minimum atomic E-state index is -0.0560. The van der Waals surface area contributed by atoms with Gasteiger partial charge >= 0.3 is 0 Å². The molecule has 0 spiro atoms. The molecule has 1 aromatic carbocycles. The number of hydrogen-bond donors (Lipinski definition) is 1. The Morgan fingerprint density at radius 2 is 2.21 bits per heavy atom. The molecule has 1 fully saturated rings. The van der Waals surface area contributed by atoms with Crippen LogP contribution < -0.4 is 10.1 Å². The van der Waals surface area contributed by atoms with Gasteiger partial charge in [-0.2, -0.15) is 0 Å². The summed E-state index contributed by atoms with van der Waals surface area (Å²) in [6, 6.07) is 7.74. The second-order valence-corrected chi connectivity index (χ2v) is 6.43. The lowest BCUT2D eigenvalue weighted by atomic mass is 10.1. The molecule has 2 heterocycles. The van der Waals surface area contributed by atoms with Gasteiger partial charge in [-0.05, 0) is 25.2 Å². The predicted molar refractivity (Wildman–Crippen MR) is 93.6 cm³/mol. The number of fused-ring (bicyclic) bond motifs is 1. The van der Waals surface area contributed by atoms with Crippen LogP contribution >= 0.6 is 0 Å². The maximum atomic E-state index is 12.6. The maximum absolute atomic E-state index is 12.6. The third-order valence-electron chi connectivity index (χ3n) is 4.58. The van der Waals surface area contributed by atoms with Gasteiger partial charge in [0.1, 0.15) is 11.4 Å². The van der Waals surface area contributed by atoms with Crippen molar-refractivity contribution in [2.45, 2.75) is 0 Å². The summed E-state index contributed by atoms with van der Waals surface area (Å²) in [5.74, 6) is 1.05. The first-order valence-electron chi connectivity index (χ1n) is 8.26. The van der Waals surface area contributed by atoms with E-state index in [1.54, 1.807) is 7.11 Å². The number of carbonyl (C=O) groups is 1. The molecule has 1 N–H and O–H groups in total. The molecule has 3 rings (SSSR count). The number of aromatic nitrogens is 1. The van der Waals surface area contributed by atoms with Gasteiger partial charge in [-0.15, -0.1) is 0 Å². The summed E-state index contributed by atoms with van der Waals surface area (Å²) in [7, 11) is 5.63. The fraction of sp³-hybridized carbons (Fsp3) is 0.500. The molecule has 0 saturated carbocycles. The zero-order valence-electron chi connectivity index (χ0n) is 14.5. The zero-order valence-corrected chi connectivity index (χ0v) is 14.5. The van der Waals surface area contributed by atoms with Crippen LogP contribution in [0, 0.1) is 5.92 Å². The molecule has 0 bridgehead atoms. The van der Waals surface area contributed by atoms with Gasteiger partial charge in [0.15, 0.2) is 0 Å². The number of carbonyl (C=O) groups excluding carboxylic acids is 1. The molecule has 2 aromatic rings. The standard InChI is InChI=1S/C18H25N3O3/c1-20-6-7-24-12-13(11-20)10-19-18(22)17-8-14-4-5-15(23-3)9-16(14)21(17)2/h4-5,8-9,13H,6-7,10-12H2,1-3H3,(H,19,22)/t13-/m0/s1. The molecule has 0 radical (unpaired) electrons. The van der Waals surface area contributed by atoms with E-state index in [9.17, 15) is 4.79 Å².